The lowest BCUT2D eigenvalue weighted by atomic mass is 10.0. The molecular weight excluding hydrogens is 484 g/mol. The number of hydrogen-bond acceptors (Lipinski definition) is 8. The van der Waals surface area contributed by atoms with E-state index >= 15 is 0 Å². The molecule has 0 radical (unpaired) electrons. The summed E-state index contributed by atoms with van der Waals surface area (Å²) in [5, 5.41) is 25.7. The van der Waals surface area contributed by atoms with Crippen molar-refractivity contribution < 1.29 is 19.2 Å². The molecule has 3 aromatic rings. The van der Waals surface area contributed by atoms with Crippen LogP contribution >= 0.6 is 11.8 Å². The quantitative estimate of drug-likeness (QED) is 0.237. The van der Waals surface area contributed by atoms with Gasteiger partial charge in [0.2, 0.25) is 5.91 Å². The number of carbonyl (C=O) groups excluding carboxylic acids is 2. The Morgan fingerprint density at radius 2 is 1.86 bits per heavy atom. The maximum atomic E-state index is 12.8. The van der Waals surface area contributed by atoms with Crippen molar-refractivity contribution in [3.05, 3.63) is 69.5 Å². The number of non-ortho nitro benzene ring substituents is 1. The first-order chi connectivity index (χ1) is 17.1. The third-order valence-electron chi connectivity index (χ3n) is 5.49. The zero-order chi connectivity index (χ0) is 26.4. The number of amides is 2. The summed E-state index contributed by atoms with van der Waals surface area (Å²) in [6.45, 7) is 5.69. The third kappa shape index (κ3) is 6.39. The number of rotatable bonds is 10. The molecule has 2 N–H and O–H groups in total. The van der Waals surface area contributed by atoms with E-state index in [1.807, 2.05) is 13.8 Å². The van der Waals surface area contributed by atoms with Gasteiger partial charge < -0.3 is 19.9 Å². The normalized spacial score (nSPS) is 11.7. The number of carbonyl (C=O) groups is 2. The Morgan fingerprint density at radius 1 is 1.17 bits per heavy atom. The van der Waals surface area contributed by atoms with Gasteiger partial charge in [0.05, 0.1) is 29.5 Å². The molecule has 11 nitrogen and oxygen atoms in total. The topological polar surface area (TPSA) is 141 Å². The number of thioether (sulfide) groups is 1. The second-order valence-corrected chi connectivity index (χ2v) is 9.36. The number of nitro groups is 1. The molecule has 3 rings (SSSR count). The van der Waals surface area contributed by atoms with E-state index in [2.05, 4.69) is 20.8 Å². The largest absolute Gasteiger partial charge is 0.497 e. The molecular formula is C24H28N6O5S. The van der Waals surface area contributed by atoms with Gasteiger partial charge in [-0.2, -0.15) is 0 Å². The van der Waals surface area contributed by atoms with E-state index in [-0.39, 0.29) is 29.2 Å². The molecule has 0 saturated carbocycles. The van der Waals surface area contributed by atoms with Crippen molar-refractivity contribution in [3.8, 4) is 5.75 Å². The molecule has 0 fully saturated rings. The van der Waals surface area contributed by atoms with Gasteiger partial charge in [-0.15, -0.1) is 10.2 Å². The maximum Gasteiger partial charge on any atom is 0.271 e. The number of aryl methyl sites for hydroxylation is 1. The molecule has 1 aromatic heterocycles. The molecule has 0 unspecified atom stereocenters. The van der Waals surface area contributed by atoms with Crippen molar-refractivity contribution in [3.63, 3.8) is 0 Å². The Labute approximate surface area is 212 Å². The van der Waals surface area contributed by atoms with Gasteiger partial charge >= 0.3 is 0 Å². The van der Waals surface area contributed by atoms with E-state index in [1.54, 1.807) is 56.0 Å². The average Bonchev–Trinajstić information content (AvgIpc) is 3.21. The van der Waals surface area contributed by atoms with E-state index in [0.717, 1.165) is 0 Å². The van der Waals surface area contributed by atoms with Crippen molar-refractivity contribution >= 4 is 35.0 Å². The first kappa shape index (κ1) is 26.7. The van der Waals surface area contributed by atoms with Gasteiger partial charge in [-0.3, -0.25) is 19.7 Å². The predicted molar refractivity (Wildman–Crippen MR) is 136 cm³/mol. The lowest BCUT2D eigenvalue weighted by Gasteiger charge is -2.21. The number of aromatic nitrogens is 3. The first-order valence-corrected chi connectivity index (χ1v) is 12.1. The van der Waals surface area contributed by atoms with E-state index in [4.69, 9.17) is 4.74 Å². The van der Waals surface area contributed by atoms with Gasteiger partial charge in [0, 0.05) is 24.7 Å². The van der Waals surface area contributed by atoms with E-state index in [0.29, 0.717) is 33.5 Å². The highest BCUT2D eigenvalue weighted by molar-refractivity contribution is 7.99. The molecule has 0 aliphatic heterocycles. The average molecular weight is 513 g/mol. The van der Waals surface area contributed by atoms with Crippen LogP contribution in [-0.2, 0) is 11.8 Å². The molecule has 0 saturated heterocycles. The Balaban J connectivity index is 1.67. The Bertz CT molecular complexity index is 1260. The predicted octanol–water partition coefficient (Wildman–Crippen LogP) is 3.90. The minimum atomic E-state index is -0.510. The van der Waals surface area contributed by atoms with Crippen LogP contribution in [0.5, 0.6) is 5.75 Å². The number of nitro benzene ring substituents is 1. The summed E-state index contributed by atoms with van der Waals surface area (Å²) in [5.41, 5.74) is 1.49. The van der Waals surface area contributed by atoms with Gasteiger partial charge in [-0.25, -0.2) is 0 Å². The molecule has 12 heteroatoms. The van der Waals surface area contributed by atoms with Crippen molar-refractivity contribution in [1.29, 1.82) is 0 Å². The fraction of sp³-hybridized carbons (Fsp3) is 0.333. The second-order valence-electron chi connectivity index (χ2n) is 8.42. The summed E-state index contributed by atoms with van der Waals surface area (Å²) in [6.07, 6.45) is 0. The van der Waals surface area contributed by atoms with Crippen LogP contribution in [0, 0.1) is 23.0 Å². The van der Waals surface area contributed by atoms with Gasteiger partial charge in [0.1, 0.15) is 5.75 Å². The fourth-order valence-corrected chi connectivity index (χ4v) is 4.11. The fourth-order valence-electron chi connectivity index (χ4n) is 3.39. The number of anilines is 1. The molecule has 36 heavy (non-hydrogen) atoms. The number of methoxy groups -OCH3 is 1. The minimum Gasteiger partial charge on any atom is -0.497 e. The summed E-state index contributed by atoms with van der Waals surface area (Å²) in [4.78, 5) is 35.8. The SMILES string of the molecule is COc1ccc(C(=O)N[C@@H](c2nnc(SCC(=O)Nc3cc([N+](=O)[O-])ccc3C)n2C)C(C)C)cc1. The Morgan fingerprint density at radius 3 is 2.47 bits per heavy atom. The summed E-state index contributed by atoms with van der Waals surface area (Å²) in [5.74, 6) is 0.684. The highest BCUT2D eigenvalue weighted by atomic mass is 32.2. The molecule has 2 amide bonds. The molecule has 190 valence electrons. The number of nitrogens with zero attached hydrogens (tertiary/aromatic N) is 4. The molecule has 0 aliphatic rings. The van der Waals surface area contributed by atoms with Crippen LogP contribution in [0.25, 0.3) is 0 Å². The smallest absolute Gasteiger partial charge is 0.271 e. The van der Waals surface area contributed by atoms with E-state index < -0.39 is 11.0 Å². The van der Waals surface area contributed by atoms with Gasteiger partial charge in [0.15, 0.2) is 11.0 Å². The summed E-state index contributed by atoms with van der Waals surface area (Å²) < 4.78 is 6.88. The molecule has 0 aliphatic carbocycles. The first-order valence-electron chi connectivity index (χ1n) is 11.1. The zero-order valence-electron chi connectivity index (χ0n) is 20.6. The van der Waals surface area contributed by atoms with Gasteiger partial charge in [0.25, 0.3) is 11.6 Å². The lowest BCUT2D eigenvalue weighted by Crippen LogP contribution is -2.33. The molecule has 0 spiro atoms. The van der Waals surface area contributed by atoms with Crippen molar-refractivity contribution in [1.82, 2.24) is 20.1 Å². The van der Waals surface area contributed by atoms with Crippen LogP contribution in [-0.4, -0.2) is 44.4 Å². The summed E-state index contributed by atoms with van der Waals surface area (Å²) in [7, 11) is 3.33. The number of benzene rings is 2. The molecule has 1 atom stereocenters. The van der Waals surface area contributed by atoms with Crippen LogP contribution in [0.1, 0.15) is 41.6 Å². The van der Waals surface area contributed by atoms with Crippen LogP contribution in [0.3, 0.4) is 0 Å². The zero-order valence-corrected chi connectivity index (χ0v) is 21.5. The highest BCUT2D eigenvalue weighted by Crippen LogP contribution is 2.26. The molecule has 1 heterocycles. The van der Waals surface area contributed by atoms with Crippen LogP contribution in [0.2, 0.25) is 0 Å². The van der Waals surface area contributed by atoms with Gasteiger partial charge in [-0.1, -0.05) is 31.7 Å². The number of ether oxygens (including phenoxy) is 1. The van der Waals surface area contributed by atoms with Crippen LogP contribution in [0.4, 0.5) is 11.4 Å². The second kappa shape index (κ2) is 11.7. The van der Waals surface area contributed by atoms with Crippen LogP contribution < -0.4 is 15.4 Å². The van der Waals surface area contributed by atoms with Gasteiger partial charge in [-0.05, 0) is 42.7 Å². The lowest BCUT2D eigenvalue weighted by molar-refractivity contribution is -0.384. The Hall–Kier alpha value is -3.93. The van der Waals surface area contributed by atoms with Crippen molar-refractivity contribution in [2.24, 2.45) is 13.0 Å². The van der Waals surface area contributed by atoms with Crippen LogP contribution in [0.15, 0.2) is 47.6 Å². The number of nitrogens with one attached hydrogen (secondary N) is 2. The van der Waals surface area contributed by atoms with E-state index in [9.17, 15) is 19.7 Å². The monoisotopic (exact) mass is 512 g/mol. The minimum absolute atomic E-state index is 0.0214. The Kier molecular flexibility index (Phi) is 8.64. The number of hydrogen-bond donors (Lipinski definition) is 2. The highest BCUT2D eigenvalue weighted by Gasteiger charge is 2.25. The van der Waals surface area contributed by atoms with E-state index in [1.165, 1.54) is 23.9 Å². The maximum absolute atomic E-state index is 12.8. The van der Waals surface area contributed by atoms with Crippen molar-refractivity contribution in [2.45, 2.75) is 32.0 Å². The van der Waals surface area contributed by atoms with Crippen molar-refractivity contribution in [2.75, 3.05) is 18.2 Å². The molecule has 0 bridgehead atoms. The summed E-state index contributed by atoms with van der Waals surface area (Å²) >= 11 is 1.18. The third-order valence-corrected chi connectivity index (χ3v) is 6.51. The summed E-state index contributed by atoms with van der Waals surface area (Å²) in [6, 6.07) is 10.7. The standard InChI is InChI=1S/C24H28N6O5S/c1-14(2)21(26-23(32)16-7-10-18(35-5)11-8-16)22-27-28-24(29(22)4)36-13-20(31)25-19-12-17(30(33)34)9-6-15(19)3/h6-12,14,21H,13H2,1-5H3,(H,25,31)(H,26,32)/t21-/m1/s1. The molecule has 2 aromatic carbocycles.